The van der Waals surface area contributed by atoms with Gasteiger partial charge in [0.05, 0.1) is 0 Å². The Kier molecular flexibility index (Phi) is 4.11. The summed E-state index contributed by atoms with van der Waals surface area (Å²) in [5.74, 6) is 0.467. The first-order valence-corrected chi connectivity index (χ1v) is 9.86. The fourth-order valence-corrected chi connectivity index (χ4v) is 4.38. The van der Waals surface area contributed by atoms with E-state index in [9.17, 15) is 4.79 Å². The maximum absolute atomic E-state index is 13.0. The molecule has 1 aliphatic heterocycles. The SMILES string of the molecule is O=C(c1n[nH]c2c1CCCC2)N1CCC(c2ccc3cccnc3n2)CC1. The summed E-state index contributed by atoms with van der Waals surface area (Å²) in [6, 6.07) is 8.17. The van der Waals surface area contributed by atoms with Gasteiger partial charge in [0.25, 0.3) is 5.91 Å². The number of hydrogen-bond acceptors (Lipinski definition) is 4. The molecule has 0 bridgehead atoms. The van der Waals surface area contributed by atoms with E-state index in [1.165, 1.54) is 6.42 Å². The van der Waals surface area contributed by atoms with E-state index < -0.39 is 0 Å². The first-order chi connectivity index (χ1) is 13.3. The topological polar surface area (TPSA) is 74.8 Å². The zero-order valence-electron chi connectivity index (χ0n) is 15.3. The van der Waals surface area contributed by atoms with Crippen molar-refractivity contribution in [3.8, 4) is 0 Å². The van der Waals surface area contributed by atoms with Crippen molar-refractivity contribution in [3.63, 3.8) is 0 Å². The van der Waals surface area contributed by atoms with Crippen LogP contribution in [0.1, 0.15) is 59.0 Å². The summed E-state index contributed by atoms with van der Waals surface area (Å²) < 4.78 is 0. The van der Waals surface area contributed by atoms with E-state index in [1.54, 1.807) is 6.20 Å². The first-order valence-electron chi connectivity index (χ1n) is 9.86. The minimum Gasteiger partial charge on any atom is -0.337 e. The number of piperidine rings is 1. The number of hydrogen-bond donors (Lipinski definition) is 1. The quantitative estimate of drug-likeness (QED) is 0.760. The van der Waals surface area contributed by atoms with Gasteiger partial charge in [-0.15, -0.1) is 0 Å². The predicted octanol–water partition coefficient (Wildman–Crippen LogP) is 3.25. The third-order valence-corrected chi connectivity index (χ3v) is 5.94. The highest BCUT2D eigenvalue weighted by molar-refractivity contribution is 5.94. The van der Waals surface area contributed by atoms with Crippen LogP contribution in [0.3, 0.4) is 0 Å². The number of nitrogens with one attached hydrogen (secondary N) is 1. The van der Waals surface area contributed by atoms with Crippen LogP contribution in [0.4, 0.5) is 0 Å². The molecule has 0 spiro atoms. The van der Waals surface area contributed by atoms with E-state index >= 15 is 0 Å². The summed E-state index contributed by atoms with van der Waals surface area (Å²) in [4.78, 5) is 24.0. The van der Waals surface area contributed by atoms with Crippen molar-refractivity contribution in [2.75, 3.05) is 13.1 Å². The highest BCUT2D eigenvalue weighted by Gasteiger charge is 2.29. The fourth-order valence-electron chi connectivity index (χ4n) is 4.38. The molecule has 3 aromatic heterocycles. The maximum Gasteiger partial charge on any atom is 0.274 e. The van der Waals surface area contributed by atoms with E-state index in [1.807, 2.05) is 17.0 Å². The molecule has 1 N–H and O–H groups in total. The van der Waals surface area contributed by atoms with Crippen molar-refractivity contribution in [1.29, 1.82) is 0 Å². The number of pyridine rings is 2. The highest BCUT2D eigenvalue weighted by atomic mass is 16.2. The molecule has 0 unspecified atom stereocenters. The van der Waals surface area contributed by atoms with E-state index in [-0.39, 0.29) is 5.91 Å². The molecular weight excluding hydrogens is 338 g/mol. The summed E-state index contributed by atoms with van der Waals surface area (Å²) in [5, 5.41) is 8.50. The third kappa shape index (κ3) is 2.99. The van der Waals surface area contributed by atoms with Gasteiger partial charge in [-0.25, -0.2) is 9.97 Å². The minimum absolute atomic E-state index is 0.0842. The minimum atomic E-state index is 0.0842. The molecule has 3 aromatic rings. The van der Waals surface area contributed by atoms with Crippen LogP contribution in [0.15, 0.2) is 30.5 Å². The standard InChI is InChI=1S/C21H23N5O/c27-21(19-16-5-1-2-6-18(16)24-25-19)26-12-9-14(10-13-26)17-8-7-15-4-3-11-22-20(15)23-17/h3-4,7-8,11,14H,1-2,5-6,9-10,12-13H2,(H,24,25). The molecule has 6 nitrogen and oxygen atoms in total. The smallest absolute Gasteiger partial charge is 0.274 e. The largest absolute Gasteiger partial charge is 0.337 e. The molecule has 0 aromatic carbocycles. The Hall–Kier alpha value is -2.76. The molecule has 1 amide bonds. The molecule has 0 radical (unpaired) electrons. The molecule has 0 atom stereocenters. The number of amides is 1. The highest BCUT2D eigenvalue weighted by Crippen LogP contribution is 2.29. The number of rotatable bonds is 2. The van der Waals surface area contributed by atoms with Crippen molar-refractivity contribution >= 4 is 16.9 Å². The van der Waals surface area contributed by atoms with Crippen LogP contribution in [0.25, 0.3) is 11.0 Å². The Labute approximate surface area is 158 Å². The van der Waals surface area contributed by atoms with Gasteiger partial charge in [0.1, 0.15) is 0 Å². The Balaban J connectivity index is 1.29. The molecule has 6 heteroatoms. The van der Waals surface area contributed by atoms with E-state index in [0.717, 1.165) is 73.2 Å². The van der Waals surface area contributed by atoms with Crippen molar-refractivity contribution in [2.45, 2.75) is 44.4 Å². The van der Waals surface area contributed by atoms with Gasteiger partial charge in [-0.1, -0.05) is 0 Å². The van der Waals surface area contributed by atoms with Gasteiger partial charge in [-0.3, -0.25) is 9.89 Å². The van der Waals surface area contributed by atoms with Gasteiger partial charge in [-0.05, 0) is 62.8 Å². The average Bonchev–Trinajstić information content (AvgIpc) is 3.17. The lowest BCUT2D eigenvalue weighted by atomic mass is 9.92. The number of aryl methyl sites for hydroxylation is 1. The fraction of sp³-hybridized carbons (Fsp3) is 0.429. The van der Waals surface area contributed by atoms with Crippen LogP contribution in [-0.2, 0) is 12.8 Å². The Morgan fingerprint density at radius 3 is 2.85 bits per heavy atom. The van der Waals surface area contributed by atoms with E-state index in [0.29, 0.717) is 11.6 Å². The summed E-state index contributed by atoms with van der Waals surface area (Å²) >= 11 is 0. The predicted molar refractivity (Wildman–Crippen MR) is 103 cm³/mol. The second-order valence-electron chi connectivity index (χ2n) is 7.59. The summed E-state index contributed by atoms with van der Waals surface area (Å²) in [5.41, 5.74) is 4.85. The molecule has 5 rings (SSSR count). The van der Waals surface area contributed by atoms with Gasteiger partial charge in [0, 0.05) is 47.5 Å². The van der Waals surface area contributed by atoms with Crippen LogP contribution < -0.4 is 0 Å². The zero-order valence-corrected chi connectivity index (χ0v) is 15.3. The van der Waals surface area contributed by atoms with Crippen molar-refractivity contribution in [3.05, 3.63) is 53.1 Å². The number of likely N-dealkylation sites (tertiary alicyclic amines) is 1. The third-order valence-electron chi connectivity index (χ3n) is 5.94. The van der Waals surface area contributed by atoms with Crippen LogP contribution in [0.5, 0.6) is 0 Å². The van der Waals surface area contributed by atoms with Crippen LogP contribution in [0.2, 0.25) is 0 Å². The Morgan fingerprint density at radius 2 is 1.96 bits per heavy atom. The number of carbonyl (C=O) groups is 1. The lowest BCUT2D eigenvalue weighted by Gasteiger charge is -2.31. The van der Waals surface area contributed by atoms with Crippen molar-refractivity contribution in [1.82, 2.24) is 25.1 Å². The van der Waals surface area contributed by atoms with Crippen LogP contribution in [-0.4, -0.2) is 44.1 Å². The van der Waals surface area contributed by atoms with Crippen LogP contribution in [0, 0.1) is 0 Å². The number of fused-ring (bicyclic) bond motifs is 2. The average molecular weight is 361 g/mol. The Bertz CT molecular complexity index is 987. The summed E-state index contributed by atoms with van der Waals surface area (Å²) in [7, 11) is 0. The molecule has 2 aliphatic rings. The van der Waals surface area contributed by atoms with Gasteiger partial charge < -0.3 is 4.90 Å². The molecule has 138 valence electrons. The number of H-pyrrole nitrogens is 1. The number of nitrogens with zero attached hydrogens (tertiary/aromatic N) is 4. The number of aromatic amines is 1. The normalized spacial score (nSPS) is 17.9. The Morgan fingerprint density at radius 1 is 1.11 bits per heavy atom. The van der Waals surface area contributed by atoms with Gasteiger partial charge >= 0.3 is 0 Å². The molecule has 1 fully saturated rings. The van der Waals surface area contributed by atoms with Gasteiger partial charge in [0.15, 0.2) is 11.3 Å². The lowest BCUT2D eigenvalue weighted by molar-refractivity contribution is 0.0705. The molecule has 0 saturated carbocycles. The molecular formula is C21H23N5O. The van der Waals surface area contributed by atoms with Gasteiger partial charge in [0.2, 0.25) is 0 Å². The second kappa shape index (κ2) is 6.76. The summed E-state index contributed by atoms with van der Waals surface area (Å²) in [6.45, 7) is 1.51. The second-order valence-corrected chi connectivity index (χ2v) is 7.59. The number of aromatic nitrogens is 4. The number of carbonyl (C=O) groups excluding carboxylic acids is 1. The first kappa shape index (κ1) is 16.4. The molecule has 27 heavy (non-hydrogen) atoms. The monoisotopic (exact) mass is 361 g/mol. The molecule has 1 aliphatic carbocycles. The van der Waals surface area contributed by atoms with Crippen LogP contribution >= 0.6 is 0 Å². The molecule has 4 heterocycles. The molecule has 1 saturated heterocycles. The maximum atomic E-state index is 13.0. The van der Waals surface area contributed by atoms with Gasteiger partial charge in [-0.2, -0.15) is 5.10 Å². The van der Waals surface area contributed by atoms with E-state index in [4.69, 9.17) is 4.98 Å². The van der Waals surface area contributed by atoms with E-state index in [2.05, 4.69) is 27.3 Å². The zero-order chi connectivity index (χ0) is 18.2. The lowest BCUT2D eigenvalue weighted by Crippen LogP contribution is -2.38. The van der Waals surface area contributed by atoms with Crippen molar-refractivity contribution in [2.24, 2.45) is 0 Å². The summed E-state index contributed by atoms with van der Waals surface area (Å²) in [6.07, 6.45) is 7.97. The van der Waals surface area contributed by atoms with Crippen molar-refractivity contribution < 1.29 is 4.79 Å².